The molecule has 0 saturated carbocycles. The lowest BCUT2D eigenvalue weighted by Crippen LogP contribution is -2.52. The SMILES string of the molecule is CCC(C(=O)NCC(C)C)N(Cc1ccccc1C)C(=O)CN(c1cc(OC)ccc1OC)S(=O)(=O)c1ccc(C)cc1. The lowest BCUT2D eigenvalue weighted by molar-refractivity contribution is -0.140. The summed E-state index contributed by atoms with van der Waals surface area (Å²) in [6.07, 6.45) is 0.342. The maximum Gasteiger partial charge on any atom is 0.264 e. The number of hydrogen-bond acceptors (Lipinski definition) is 6. The Morgan fingerprint density at radius 3 is 2.19 bits per heavy atom. The Kier molecular flexibility index (Phi) is 11.6. The van der Waals surface area contributed by atoms with Crippen molar-refractivity contribution in [1.29, 1.82) is 0 Å². The van der Waals surface area contributed by atoms with Crippen LogP contribution in [0, 0.1) is 19.8 Å². The summed E-state index contributed by atoms with van der Waals surface area (Å²) in [5, 5.41) is 2.95. The molecule has 3 aromatic carbocycles. The standard InChI is InChI=1S/C33H43N3O6S/c1-8-29(33(38)34-20-23(2)3)35(21-26-12-10-9-11-25(26)5)32(37)22-36(30-19-27(41-6)15-18-31(30)42-7)43(39,40)28-16-13-24(4)14-17-28/h9-19,23,29H,8,20-22H2,1-7H3,(H,34,38). The van der Waals surface area contributed by atoms with Crippen LogP contribution in [0.1, 0.15) is 43.9 Å². The Labute approximate surface area is 255 Å². The highest BCUT2D eigenvalue weighted by molar-refractivity contribution is 7.92. The Bertz CT molecular complexity index is 1510. The van der Waals surface area contributed by atoms with Crippen molar-refractivity contribution in [2.24, 2.45) is 5.92 Å². The molecule has 232 valence electrons. The molecule has 3 aromatic rings. The van der Waals surface area contributed by atoms with Crippen molar-refractivity contribution in [3.63, 3.8) is 0 Å². The number of sulfonamides is 1. The quantitative estimate of drug-likeness (QED) is 0.273. The highest BCUT2D eigenvalue weighted by Crippen LogP contribution is 2.36. The second kappa shape index (κ2) is 14.9. The van der Waals surface area contributed by atoms with Gasteiger partial charge in [0.05, 0.1) is 24.8 Å². The maximum atomic E-state index is 14.3. The Morgan fingerprint density at radius 1 is 0.930 bits per heavy atom. The van der Waals surface area contributed by atoms with Crippen LogP contribution in [0.25, 0.3) is 0 Å². The molecule has 10 heteroatoms. The first-order valence-corrected chi connectivity index (χ1v) is 15.8. The molecule has 0 aliphatic rings. The molecule has 1 N–H and O–H groups in total. The molecule has 9 nitrogen and oxygen atoms in total. The van der Waals surface area contributed by atoms with Gasteiger partial charge < -0.3 is 19.7 Å². The number of carbonyl (C=O) groups is 2. The topological polar surface area (TPSA) is 105 Å². The van der Waals surface area contributed by atoms with E-state index in [-0.39, 0.29) is 34.7 Å². The zero-order valence-corrected chi connectivity index (χ0v) is 26.9. The van der Waals surface area contributed by atoms with E-state index in [9.17, 15) is 18.0 Å². The summed E-state index contributed by atoms with van der Waals surface area (Å²) < 4.78 is 40.4. The van der Waals surface area contributed by atoms with Gasteiger partial charge in [0.25, 0.3) is 10.0 Å². The van der Waals surface area contributed by atoms with Gasteiger partial charge in [-0.05, 0) is 61.6 Å². The molecule has 0 bridgehead atoms. The van der Waals surface area contributed by atoms with Crippen LogP contribution in [0.2, 0.25) is 0 Å². The third kappa shape index (κ3) is 8.28. The molecule has 0 fully saturated rings. The van der Waals surface area contributed by atoms with E-state index in [4.69, 9.17) is 9.47 Å². The van der Waals surface area contributed by atoms with Crippen molar-refractivity contribution in [1.82, 2.24) is 10.2 Å². The smallest absolute Gasteiger partial charge is 0.264 e. The van der Waals surface area contributed by atoms with E-state index in [1.165, 1.54) is 37.3 Å². The number of hydrogen-bond donors (Lipinski definition) is 1. The van der Waals surface area contributed by atoms with Crippen molar-refractivity contribution in [2.45, 2.75) is 58.5 Å². The van der Waals surface area contributed by atoms with Crippen LogP contribution in [0.5, 0.6) is 11.5 Å². The molecule has 0 aromatic heterocycles. The van der Waals surface area contributed by atoms with E-state index >= 15 is 0 Å². The minimum absolute atomic E-state index is 0.0166. The molecule has 0 saturated heterocycles. The first kappa shape index (κ1) is 33.5. The van der Waals surface area contributed by atoms with Crippen molar-refractivity contribution in [2.75, 3.05) is 31.6 Å². The third-order valence-corrected chi connectivity index (χ3v) is 8.99. The molecule has 1 atom stereocenters. The summed E-state index contributed by atoms with van der Waals surface area (Å²) in [6, 6.07) is 18.0. The first-order chi connectivity index (χ1) is 20.4. The van der Waals surface area contributed by atoms with E-state index in [0.29, 0.717) is 18.7 Å². The second-order valence-corrected chi connectivity index (χ2v) is 12.7. The fourth-order valence-electron chi connectivity index (χ4n) is 4.66. The van der Waals surface area contributed by atoms with Crippen molar-refractivity contribution in [3.8, 4) is 11.5 Å². The fourth-order valence-corrected chi connectivity index (χ4v) is 6.07. The molecule has 0 aliphatic heterocycles. The molecule has 0 radical (unpaired) electrons. The van der Waals surface area contributed by atoms with E-state index in [1.54, 1.807) is 24.3 Å². The number of nitrogens with one attached hydrogen (secondary N) is 1. The maximum absolute atomic E-state index is 14.3. The minimum Gasteiger partial charge on any atom is -0.497 e. The lowest BCUT2D eigenvalue weighted by Gasteiger charge is -2.34. The zero-order valence-electron chi connectivity index (χ0n) is 26.1. The van der Waals surface area contributed by atoms with E-state index in [1.807, 2.05) is 58.9 Å². The molecular formula is C33H43N3O6S. The van der Waals surface area contributed by atoms with Crippen LogP contribution in [-0.4, -0.2) is 58.5 Å². The Balaban J connectivity index is 2.15. The molecule has 43 heavy (non-hydrogen) atoms. The van der Waals surface area contributed by atoms with Crippen LogP contribution in [0.4, 0.5) is 5.69 Å². The van der Waals surface area contributed by atoms with Crippen LogP contribution in [-0.2, 0) is 26.2 Å². The van der Waals surface area contributed by atoms with Gasteiger partial charge in [-0.25, -0.2) is 8.42 Å². The number of amides is 2. The number of rotatable bonds is 14. The highest BCUT2D eigenvalue weighted by Gasteiger charge is 2.35. The van der Waals surface area contributed by atoms with Crippen molar-refractivity contribution < 1.29 is 27.5 Å². The van der Waals surface area contributed by atoms with Gasteiger partial charge in [0.2, 0.25) is 11.8 Å². The highest BCUT2D eigenvalue weighted by atomic mass is 32.2. The summed E-state index contributed by atoms with van der Waals surface area (Å²) in [6.45, 7) is 9.64. The summed E-state index contributed by atoms with van der Waals surface area (Å²) in [4.78, 5) is 29.2. The first-order valence-electron chi connectivity index (χ1n) is 14.4. The van der Waals surface area contributed by atoms with Gasteiger partial charge in [-0.15, -0.1) is 0 Å². The minimum atomic E-state index is -4.26. The molecule has 3 rings (SSSR count). The number of carbonyl (C=O) groups excluding carboxylic acids is 2. The zero-order chi connectivity index (χ0) is 31.7. The normalized spacial score (nSPS) is 12.0. The summed E-state index contributed by atoms with van der Waals surface area (Å²) in [5.74, 6) is 0.0399. The molecule has 0 spiro atoms. The van der Waals surface area contributed by atoms with Gasteiger partial charge in [-0.3, -0.25) is 13.9 Å². The van der Waals surface area contributed by atoms with Crippen molar-refractivity contribution in [3.05, 3.63) is 83.4 Å². The fraction of sp³-hybridized carbons (Fsp3) is 0.394. The van der Waals surface area contributed by atoms with Crippen LogP contribution in [0.15, 0.2) is 71.6 Å². The van der Waals surface area contributed by atoms with E-state index in [2.05, 4.69) is 5.32 Å². The molecule has 1 unspecified atom stereocenters. The average molecular weight is 610 g/mol. The molecular weight excluding hydrogens is 566 g/mol. The van der Waals surface area contributed by atoms with Gasteiger partial charge in [0, 0.05) is 19.2 Å². The number of aryl methyl sites for hydroxylation is 2. The predicted molar refractivity (Wildman–Crippen MR) is 169 cm³/mol. The van der Waals surface area contributed by atoms with Gasteiger partial charge >= 0.3 is 0 Å². The number of anilines is 1. The number of methoxy groups -OCH3 is 2. The second-order valence-electron chi connectivity index (χ2n) is 10.9. The van der Waals surface area contributed by atoms with Crippen molar-refractivity contribution >= 4 is 27.5 Å². The van der Waals surface area contributed by atoms with Gasteiger partial charge in [-0.1, -0.05) is 62.7 Å². The van der Waals surface area contributed by atoms with Crippen LogP contribution in [0.3, 0.4) is 0 Å². The number of ether oxygens (including phenoxy) is 2. The number of benzene rings is 3. The monoisotopic (exact) mass is 609 g/mol. The van der Waals surface area contributed by atoms with E-state index < -0.39 is 28.5 Å². The largest absolute Gasteiger partial charge is 0.497 e. The van der Waals surface area contributed by atoms with Gasteiger partial charge in [0.1, 0.15) is 24.1 Å². The van der Waals surface area contributed by atoms with E-state index in [0.717, 1.165) is 21.0 Å². The molecule has 0 heterocycles. The molecule has 0 aliphatic carbocycles. The lowest BCUT2D eigenvalue weighted by atomic mass is 10.1. The predicted octanol–water partition coefficient (Wildman–Crippen LogP) is 5.10. The Hall–Kier alpha value is -4.05. The summed E-state index contributed by atoms with van der Waals surface area (Å²) >= 11 is 0. The summed E-state index contributed by atoms with van der Waals surface area (Å²) in [5.41, 5.74) is 2.85. The average Bonchev–Trinajstić information content (AvgIpc) is 2.99. The van der Waals surface area contributed by atoms with Gasteiger partial charge in [0.15, 0.2) is 0 Å². The third-order valence-electron chi connectivity index (χ3n) is 7.21. The van der Waals surface area contributed by atoms with Crippen LogP contribution >= 0.6 is 0 Å². The number of nitrogens with zero attached hydrogens (tertiary/aromatic N) is 2. The van der Waals surface area contributed by atoms with Gasteiger partial charge in [-0.2, -0.15) is 0 Å². The van der Waals surface area contributed by atoms with Crippen LogP contribution < -0.4 is 19.1 Å². The Morgan fingerprint density at radius 2 is 1.60 bits per heavy atom. The summed E-state index contributed by atoms with van der Waals surface area (Å²) in [7, 11) is -1.36. The molecule has 2 amide bonds.